The van der Waals surface area contributed by atoms with E-state index < -0.39 is 29.1 Å². The molecule has 5 aliphatic rings. The van der Waals surface area contributed by atoms with Crippen molar-refractivity contribution >= 4 is 212 Å². The SMILES string of the molecule is Brc1cncc(CNCC2CCCC2)c1.C.C.C.C.C.CC(C)(C)OC(=O)N(Cc1cncc(Br)c1)CC1CCCC1.CC(C)(C)OC(=O)OC(=O)OC(C)(C)C.CO.COc1cncc(Br)c1.NCc1cncc(Br)c1.O=C1NC(=O)c2ccccc21.O=C1c2ccccc2C(=O)N1Cc1cncc(Br)c1.O=CC1CCCC1.OCc1cncc(Br)c1.[B].[CH2-]CC.[H-].[I][V]([I])[I].[Na+]. The fourth-order valence-electron chi connectivity index (χ4n) is 11.5. The molecule has 3 saturated carbocycles. The molecule has 729 valence electrons. The van der Waals surface area contributed by atoms with Crippen molar-refractivity contribution in [3.8, 4) is 5.75 Å². The summed E-state index contributed by atoms with van der Waals surface area (Å²) in [7, 11) is 2.61. The number of nitrogens with two attached hydrogens (primary N) is 1. The smallest absolute Gasteiger partial charge is 1.00 e. The third-order valence-electron chi connectivity index (χ3n) is 16.8. The van der Waals surface area contributed by atoms with E-state index in [1.165, 1.54) is 74.7 Å². The maximum absolute atomic E-state index is 12.5. The minimum atomic E-state index is -1.06. The van der Waals surface area contributed by atoms with E-state index in [-0.39, 0.29) is 124 Å². The summed E-state index contributed by atoms with van der Waals surface area (Å²) in [6.45, 7) is 25.5. The number of amides is 5. The minimum absolute atomic E-state index is 0. The first-order chi connectivity index (χ1) is 59.2. The summed E-state index contributed by atoms with van der Waals surface area (Å²) >= 11 is 27.3. The van der Waals surface area contributed by atoms with E-state index >= 15 is 0 Å². The van der Waals surface area contributed by atoms with E-state index in [0.29, 0.717) is 47.2 Å². The van der Waals surface area contributed by atoms with Crippen molar-refractivity contribution in [2.24, 2.45) is 23.5 Å². The molecule has 3 radical (unpaired) electrons. The summed E-state index contributed by atoms with van der Waals surface area (Å²) in [5, 5.41) is 21.3. The van der Waals surface area contributed by atoms with Gasteiger partial charge in [0.05, 0.1) is 55.3 Å². The Kier molecular flexibility index (Phi) is 81.2. The molecule has 0 bridgehead atoms. The molecule has 3 aliphatic carbocycles. The number of benzene rings is 2. The van der Waals surface area contributed by atoms with Crippen molar-refractivity contribution in [3.63, 3.8) is 0 Å². The van der Waals surface area contributed by atoms with Gasteiger partial charge >= 0.3 is 113 Å². The van der Waals surface area contributed by atoms with Crippen molar-refractivity contribution in [3.05, 3.63) is 243 Å². The van der Waals surface area contributed by atoms with E-state index in [0.717, 1.165) is 113 Å². The van der Waals surface area contributed by atoms with Crippen LogP contribution in [-0.4, -0.2) is 151 Å². The molecule has 0 unspecified atom stereocenters. The molecule has 6 aromatic heterocycles. The number of aromatic nitrogens is 6. The van der Waals surface area contributed by atoms with Gasteiger partial charge < -0.3 is 63.0 Å². The van der Waals surface area contributed by atoms with Crippen LogP contribution in [0, 0.1) is 24.7 Å². The van der Waals surface area contributed by atoms with E-state index in [9.17, 15) is 38.4 Å². The van der Waals surface area contributed by atoms with E-state index in [1.54, 1.807) is 159 Å². The Labute approximate surface area is 899 Å². The number of fused-ring (bicyclic) bond motifs is 2. The van der Waals surface area contributed by atoms with Crippen LogP contribution in [0.3, 0.4) is 0 Å². The number of nitrogens with zero attached hydrogens (tertiary/aromatic N) is 8. The Morgan fingerprint density at radius 1 is 0.553 bits per heavy atom. The zero-order valence-corrected chi connectivity index (χ0v) is 93.3. The number of pyridine rings is 6. The third kappa shape index (κ3) is 63.3. The summed E-state index contributed by atoms with van der Waals surface area (Å²) in [4.78, 5) is 118. The summed E-state index contributed by atoms with van der Waals surface area (Å²) in [5.41, 5.74) is 10.3. The zero-order valence-electron chi connectivity index (χ0n) is 75.0. The number of hydrogen-bond donors (Lipinski definition) is 5. The normalized spacial score (nSPS) is 12.7. The van der Waals surface area contributed by atoms with Gasteiger partial charge in [0.2, 0.25) is 0 Å². The first kappa shape index (κ1) is 138. The Morgan fingerprint density at radius 3 is 1.23 bits per heavy atom. The topological polar surface area (TPSA) is 357 Å². The maximum Gasteiger partial charge on any atom is 1.00 e. The molecular weight excluding hydrogens is 2470 g/mol. The van der Waals surface area contributed by atoms with Gasteiger partial charge in [0.25, 0.3) is 23.6 Å². The third-order valence-corrected chi connectivity index (χ3v) is 19.4. The molecule has 3 fully saturated rings. The first-order valence-electron chi connectivity index (χ1n) is 39.8. The van der Waals surface area contributed by atoms with Gasteiger partial charge in [-0.05, 0) is 303 Å². The van der Waals surface area contributed by atoms with Crippen LogP contribution in [0.2, 0.25) is 0 Å². The summed E-state index contributed by atoms with van der Waals surface area (Å²) in [5.74, 6) is 1.58. The fraction of sp³-hybridized carbons (Fsp3) is 0.457. The summed E-state index contributed by atoms with van der Waals surface area (Å²) in [6, 6.07) is 25.2. The molecule has 0 saturated heterocycles. The quantitative estimate of drug-likeness (QED) is 0.00986. The average Bonchev–Trinajstić information content (AvgIpc) is 1.64. The number of aliphatic hydroxyl groups is 2. The van der Waals surface area contributed by atoms with Crippen molar-refractivity contribution in [2.75, 3.05) is 27.3 Å². The number of aldehydes is 1. The molecule has 0 spiro atoms. The van der Waals surface area contributed by atoms with Crippen LogP contribution >= 0.6 is 156 Å². The number of halogens is 9. The molecule has 8 aromatic rings. The second kappa shape index (κ2) is 77.5. The molecule has 2 aliphatic heterocycles. The van der Waals surface area contributed by atoms with Gasteiger partial charge in [-0.2, -0.15) is 6.42 Å². The van der Waals surface area contributed by atoms with E-state index in [4.69, 9.17) is 34.9 Å². The fourth-order valence-corrected chi connectivity index (χ4v) is 13.9. The second-order valence-corrected chi connectivity index (χ2v) is 71.6. The van der Waals surface area contributed by atoms with Crippen LogP contribution in [0.5, 0.6) is 5.75 Å². The standard InChI is InChI=1S/C17H25BrN2O2.C14H9BrN2O2.C12H17BrN2.C10H18O5.C8H5NO2.C6H7BrN2.2C6H6BrNO.C6H10O.C3H7.CH4O.5CH4.B.3HI.Na.V.H/c1-17(2,3)22-16(21)20(11-13-6-4-5-7-13)12-14-8-15(18)10-19-9-14;15-10-5-9(6-16-7-10)8-17-13(18)11-3-1-2-4-12(11)14(17)19;13-12-5-11(8-15-9-12)7-14-6-10-3-1-2-4-10;1-9(2,3)14-7(11)13-8(12)15-10(4,5)6;10-7-5-3-1-2-4-6(5)8(11)9-7;7-6-1-5(2-8)3-9-4-6;1-9-6-2-5(7)3-8-4-6;7-6-1-5(4-9)2-8-3-6;7-5-6-3-1-2-4-6;1-3-2;1-2;;;;;;;;;;;;/h8-10,13H,4-7,11-12H2,1-3H3;1-7H,8H2;5,8-10,14H,1-4,6-7H2;1-6H3;1-4H,(H,9,10,11);1,3-4H,2,8H2;2-4H,1H3;1-3,9H,4H2;5-6H,1-4H2;1,3H2,2H3;2H,1H3;5*1H4;;3*1H;;;/q;;;;;;;;;-1;;;;;;;;;;;+1;+3;-1/p-3. The van der Waals surface area contributed by atoms with Crippen LogP contribution in [0.25, 0.3) is 0 Å². The van der Waals surface area contributed by atoms with Crippen molar-refractivity contribution in [2.45, 2.75) is 239 Å². The molecule has 26 nitrogen and oxygen atoms in total. The number of imide groups is 2. The summed E-state index contributed by atoms with van der Waals surface area (Å²) in [6.07, 6.45) is 35.9. The molecule has 6 N–H and O–H groups in total. The van der Waals surface area contributed by atoms with Gasteiger partial charge in [0, 0.05) is 136 Å². The predicted molar refractivity (Wildman–Crippen MR) is 571 cm³/mol. The molecule has 2 aromatic carbocycles. The van der Waals surface area contributed by atoms with Crippen LogP contribution in [0.15, 0.2) is 186 Å². The molecule has 132 heavy (non-hydrogen) atoms. The number of carbonyl (C=O) groups excluding carboxylic acids is 8. The number of ether oxygens (including phenoxy) is 5. The number of aliphatic hydroxyl groups excluding tert-OH is 2. The van der Waals surface area contributed by atoms with Crippen molar-refractivity contribution in [1.82, 2.24) is 50.3 Å². The van der Waals surface area contributed by atoms with Crippen molar-refractivity contribution < 1.29 is 108 Å². The van der Waals surface area contributed by atoms with Gasteiger partial charge in [-0.25, -0.2) is 14.4 Å². The minimum Gasteiger partial charge on any atom is 1.00 e. The number of methoxy groups -OCH3 is 1. The van der Waals surface area contributed by atoms with E-state index in [2.05, 4.69) is 214 Å². The maximum atomic E-state index is 12.5. The largest absolute Gasteiger partial charge is 1.00 e. The molecule has 8 heterocycles. The molecule has 5 amide bonds. The Hall–Kier alpha value is -4.34. The number of nitrogens with one attached hydrogen (secondary N) is 2. The summed E-state index contributed by atoms with van der Waals surface area (Å²) < 4.78 is 29.9. The Bertz CT molecular complexity index is 4380. The van der Waals surface area contributed by atoms with Gasteiger partial charge in [-0.3, -0.25) is 59.3 Å². The molecular formula is C94H135BBr6I3N11NaO15V-. The Balaban J connectivity index is -0.000000268. The Morgan fingerprint density at radius 2 is 0.886 bits per heavy atom. The first-order valence-corrected chi connectivity index (χ1v) is 58.1. The van der Waals surface area contributed by atoms with E-state index in [1.807, 2.05) is 75.3 Å². The number of rotatable bonds is 14. The molecule has 13 rings (SSSR count). The van der Waals surface area contributed by atoms with Crippen LogP contribution in [0.4, 0.5) is 14.4 Å². The average molecular weight is 2600 g/mol. The van der Waals surface area contributed by atoms with Crippen LogP contribution in [-0.2, 0) is 61.4 Å². The number of hydrogen-bond acceptors (Lipinski definition) is 23. The predicted octanol–water partition coefficient (Wildman–Crippen LogP) is 23.3. The van der Waals surface area contributed by atoms with Crippen LogP contribution < -0.4 is 50.7 Å². The second-order valence-electron chi connectivity index (χ2n) is 30.7. The molecule has 38 heteroatoms. The van der Waals surface area contributed by atoms with Gasteiger partial charge in [-0.15, -0.1) is 0 Å². The van der Waals surface area contributed by atoms with Crippen molar-refractivity contribution in [1.29, 1.82) is 0 Å². The zero-order chi connectivity index (χ0) is 93.7. The van der Waals surface area contributed by atoms with Crippen LogP contribution in [0.1, 0.15) is 261 Å². The monoisotopic (exact) mass is 2600 g/mol. The van der Waals surface area contributed by atoms with Gasteiger partial charge in [0.1, 0.15) is 28.8 Å². The molecule has 0 atom stereocenters. The number of carbonyl (C=O) groups is 8. The van der Waals surface area contributed by atoms with Gasteiger partial charge in [-0.1, -0.05) is 107 Å². The van der Waals surface area contributed by atoms with Gasteiger partial charge in [0.15, 0.2) is 0 Å².